The lowest BCUT2D eigenvalue weighted by Gasteiger charge is -2.29. The Bertz CT molecular complexity index is 340. The van der Waals surface area contributed by atoms with Crippen molar-refractivity contribution in [2.24, 2.45) is 17.8 Å². The molecule has 1 aliphatic heterocycles. The van der Waals surface area contributed by atoms with Crippen molar-refractivity contribution in [3.63, 3.8) is 0 Å². The minimum Gasteiger partial charge on any atom is -0.481 e. The quantitative estimate of drug-likeness (QED) is 0.712. The van der Waals surface area contributed by atoms with Gasteiger partial charge in [0.1, 0.15) is 0 Å². The Morgan fingerprint density at radius 2 is 1.80 bits per heavy atom. The summed E-state index contributed by atoms with van der Waals surface area (Å²) in [5, 5.41) is 15.5. The van der Waals surface area contributed by atoms with Crippen molar-refractivity contribution < 1.29 is 14.7 Å². The standard InChI is InChI=1S/C15H26N2O3/c18-14(9-11-5-7-16-8-6-11)17-10-12-3-1-2-4-13(12)15(19)20/h11-13,16H,1-10H2,(H,17,18)(H,19,20). The van der Waals surface area contributed by atoms with Crippen molar-refractivity contribution in [1.29, 1.82) is 0 Å². The number of rotatable bonds is 5. The molecule has 0 radical (unpaired) electrons. The van der Waals surface area contributed by atoms with Crippen molar-refractivity contribution in [2.45, 2.75) is 44.9 Å². The summed E-state index contributed by atoms with van der Waals surface area (Å²) in [7, 11) is 0. The largest absolute Gasteiger partial charge is 0.481 e. The smallest absolute Gasteiger partial charge is 0.306 e. The molecule has 0 aromatic rings. The van der Waals surface area contributed by atoms with Gasteiger partial charge in [-0.25, -0.2) is 0 Å². The van der Waals surface area contributed by atoms with E-state index in [9.17, 15) is 14.7 Å². The lowest BCUT2D eigenvalue weighted by atomic mass is 9.79. The van der Waals surface area contributed by atoms with E-state index in [0.717, 1.165) is 51.6 Å². The van der Waals surface area contributed by atoms with E-state index in [1.54, 1.807) is 0 Å². The second kappa shape index (κ2) is 7.62. The van der Waals surface area contributed by atoms with Crippen molar-refractivity contribution in [2.75, 3.05) is 19.6 Å². The van der Waals surface area contributed by atoms with Gasteiger partial charge in [0, 0.05) is 13.0 Å². The molecule has 2 atom stereocenters. The third kappa shape index (κ3) is 4.47. The molecule has 1 aliphatic carbocycles. The van der Waals surface area contributed by atoms with Gasteiger partial charge in [-0.15, -0.1) is 0 Å². The molecule has 1 saturated carbocycles. The highest BCUT2D eigenvalue weighted by Gasteiger charge is 2.30. The third-order valence-electron chi connectivity index (χ3n) is 4.72. The van der Waals surface area contributed by atoms with Crippen LogP contribution in [0.1, 0.15) is 44.9 Å². The van der Waals surface area contributed by atoms with Gasteiger partial charge in [-0.05, 0) is 50.6 Å². The molecule has 0 bridgehead atoms. The van der Waals surface area contributed by atoms with Gasteiger partial charge < -0.3 is 15.7 Å². The minimum atomic E-state index is -0.706. The summed E-state index contributed by atoms with van der Waals surface area (Å²) < 4.78 is 0. The molecule has 0 spiro atoms. The number of carboxylic acids is 1. The van der Waals surface area contributed by atoms with E-state index in [1.807, 2.05) is 0 Å². The Labute approximate surface area is 120 Å². The fourth-order valence-corrected chi connectivity index (χ4v) is 3.44. The first-order valence-corrected chi connectivity index (χ1v) is 7.87. The number of carboxylic acid groups (broad SMARTS) is 1. The molecular weight excluding hydrogens is 256 g/mol. The maximum atomic E-state index is 12.0. The van der Waals surface area contributed by atoms with E-state index < -0.39 is 5.97 Å². The Balaban J connectivity index is 1.72. The molecule has 2 rings (SSSR count). The fourth-order valence-electron chi connectivity index (χ4n) is 3.44. The number of nitrogens with one attached hydrogen (secondary N) is 2. The zero-order valence-corrected chi connectivity index (χ0v) is 12.1. The highest BCUT2D eigenvalue weighted by Crippen LogP contribution is 2.29. The average Bonchev–Trinajstić information content (AvgIpc) is 2.46. The summed E-state index contributed by atoms with van der Waals surface area (Å²) in [6, 6.07) is 0. The fraction of sp³-hybridized carbons (Fsp3) is 0.867. The summed E-state index contributed by atoms with van der Waals surface area (Å²) in [6.45, 7) is 2.53. The Morgan fingerprint density at radius 3 is 2.50 bits per heavy atom. The van der Waals surface area contributed by atoms with E-state index in [0.29, 0.717) is 18.9 Å². The number of piperidine rings is 1. The SMILES string of the molecule is O=C(CC1CCNCC1)NCC1CCCCC1C(=O)O. The van der Waals surface area contributed by atoms with Crippen LogP contribution >= 0.6 is 0 Å². The summed E-state index contributed by atoms with van der Waals surface area (Å²) in [4.78, 5) is 23.2. The average molecular weight is 282 g/mol. The number of amides is 1. The van der Waals surface area contributed by atoms with E-state index in [1.165, 1.54) is 0 Å². The van der Waals surface area contributed by atoms with Crippen LogP contribution in [0.4, 0.5) is 0 Å². The van der Waals surface area contributed by atoms with E-state index in [4.69, 9.17) is 0 Å². The summed E-state index contributed by atoms with van der Waals surface area (Å²) in [6.07, 6.45) is 6.47. The molecule has 1 amide bonds. The van der Waals surface area contributed by atoms with Crippen LogP contribution in [-0.2, 0) is 9.59 Å². The second-order valence-corrected chi connectivity index (χ2v) is 6.19. The van der Waals surface area contributed by atoms with Crippen LogP contribution in [0, 0.1) is 17.8 Å². The van der Waals surface area contributed by atoms with Gasteiger partial charge in [0.15, 0.2) is 0 Å². The molecule has 5 heteroatoms. The summed E-state index contributed by atoms with van der Waals surface area (Å²) >= 11 is 0. The van der Waals surface area contributed by atoms with Gasteiger partial charge in [-0.1, -0.05) is 12.8 Å². The van der Waals surface area contributed by atoms with Crippen molar-refractivity contribution in [3.05, 3.63) is 0 Å². The van der Waals surface area contributed by atoms with Crippen LogP contribution in [-0.4, -0.2) is 36.6 Å². The van der Waals surface area contributed by atoms with Crippen molar-refractivity contribution in [1.82, 2.24) is 10.6 Å². The number of hydrogen-bond acceptors (Lipinski definition) is 3. The van der Waals surface area contributed by atoms with Crippen LogP contribution in [0.5, 0.6) is 0 Å². The highest BCUT2D eigenvalue weighted by molar-refractivity contribution is 5.76. The number of carbonyl (C=O) groups excluding carboxylic acids is 1. The highest BCUT2D eigenvalue weighted by atomic mass is 16.4. The normalized spacial score (nSPS) is 28.0. The number of hydrogen-bond donors (Lipinski definition) is 3. The van der Waals surface area contributed by atoms with Crippen LogP contribution in [0.25, 0.3) is 0 Å². The maximum absolute atomic E-state index is 12.0. The molecule has 1 heterocycles. The molecule has 0 aromatic carbocycles. The topological polar surface area (TPSA) is 78.4 Å². The Hall–Kier alpha value is -1.10. The van der Waals surface area contributed by atoms with Crippen LogP contribution < -0.4 is 10.6 Å². The first-order chi connectivity index (χ1) is 9.66. The first-order valence-electron chi connectivity index (χ1n) is 7.87. The van der Waals surface area contributed by atoms with Gasteiger partial charge in [0.25, 0.3) is 0 Å². The van der Waals surface area contributed by atoms with Crippen LogP contribution in [0.3, 0.4) is 0 Å². The number of aliphatic carboxylic acids is 1. The Morgan fingerprint density at radius 1 is 1.10 bits per heavy atom. The second-order valence-electron chi connectivity index (χ2n) is 6.19. The summed E-state index contributed by atoms with van der Waals surface area (Å²) in [5.41, 5.74) is 0. The molecular formula is C15H26N2O3. The minimum absolute atomic E-state index is 0.0895. The van der Waals surface area contributed by atoms with Crippen LogP contribution in [0.2, 0.25) is 0 Å². The van der Waals surface area contributed by atoms with Gasteiger partial charge in [0.2, 0.25) is 5.91 Å². The van der Waals surface area contributed by atoms with E-state index >= 15 is 0 Å². The van der Waals surface area contributed by atoms with Gasteiger partial charge >= 0.3 is 5.97 Å². The summed E-state index contributed by atoms with van der Waals surface area (Å²) in [5.74, 6) is -0.298. The van der Waals surface area contributed by atoms with Gasteiger partial charge in [0.05, 0.1) is 5.92 Å². The predicted octanol–water partition coefficient (Wildman–Crippen LogP) is 1.38. The molecule has 20 heavy (non-hydrogen) atoms. The maximum Gasteiger partial charge on any atom is 0.306 e. The zero-order chi connectivity index (χ0) is 14.4. The number of carbonyl (C=O) groups is 2. The Kier molecular flexibility index (Phi) is 5.83. The molecule has 0 aromatic heterocycles. The molecule has 2 unspecified atom stereocenters. The van der Waals surface area contributed by atoms with Crippen molar-refractivity contribution in [3.8, 4) is 0 Å². The molecule has 1 saturated heterocycles. The molecule has 3 N–H and O–H groups in total. The predicted molar refractivity (Wildman–Crippen MR) is 76.3 cm³/mol. The zero-order valence-electron chi connectivity index (χ0n) is 12.1. The lowest BCUT2D eigenvalue weighted by Crippen LogP contribution is -2.38. The molecule has 2 aliphatic rings. The van der Waals surface area contributed by atoms with Gasteiger partial charge in [-0.3, -0.25) is 9.59 Å². The molecule has 5 nitrogen and oxygen atoms in total. The van der Waals surface area contributed by atoms with E-state index in [2.05, 4.69) is 10.6 Å². The monoisotopic (exact) mass is 282 g/mol. The molecule has 114 valence electrons. The lowest BCUT2D eigenvalue weighted by molar-refractivity contribution is -0.145. The first kappa shape index (κ1) is 15.3. The van der Waals surface area contributed by atoms with Gasteiger partial charge in [-0.2, -0.15) is 0 Å². The third-order valence-corrected chi connectivity index (χ3v) is 4.72. The van der Waals surface area contributed by atoms with E-state index in [-0.39, 0.29) is 17.7 Å². The van der Waals surface area contributed by atoms with Crippen LogP contribution in [0.15, 0.2) is 0 Å². The molecule has 2 fully saturated rings. The van der Waals surface area contributed by atoms with Crippen molar-refractivity contribution >= 4 is 11.9 Å².